The molecule has 0 aromatic rings. The lowest BCUT2D eigenvalue weighted by atomic mass is 10.1. The van der Waals surface area contributed by atoms with Gasteiger partial charge in [0.05, 0.1) is 6.54 Å². The van der Waals surface area contributed by atoms with Crippen LogP contribution in [0.5, 0.6) is 0 Å². The molecule has 2 rings (SSSR count). The van der Waals surface area contributed by atoms with E-state index in [-0.39, 0.29) is 6.23 Å². The summed E-state index contributed by atoms with van der Waals surface area (Å²) >= 11 is 0. The lowest BCUT2D eigenvalue weighted by Crippen LogP contribution is -2.40. The Morgan fingerprint density at radius 2 is 2.23 bits per heavy atom. The van der Waals surface area contributed by atoms with Crippen molar-refractivity contribution < 1.29 is 4.74 Å². The van der Waals surface area contributed by atoms with Gasteiger partial charge >= 0.3 is 0 Å². The molecule has 1 saturated heterocycles. The van der Waals surface area contributed by atoms with Crippen LogP contribution in [-0.4, -0.2) is 36.7 Å². The van der Waals surface area contributed by atoms with Crippen LogP contribution in [0.25, 0.3) is 0 Å². The number of piperidine rings is 1. The van der Waals surface area contributed by atoms with Crippen LogP contribution in [0.15, 0.2) is 5.10 Å². The summed E-state index contributed by atoms with van der Waals surface area (Å²) in [6, 6.07) is 0. The molecule has 0 saturated carbocycles. The van der Waals surface area contributed by atoms with E-state index in [1.165, 1.54) is 32.4 Å². The standard InChI is InChI=1S/C9H17N3O/c1-8-10-11-9(13-8)7-12-5-3-2-4-6-12/h9,11H,2-7H2,1H3/t9-/m0/s1. The normalized spacial score (nSPS) is 29.3. The van der Waals surface area contributed by atoms with E-state index in [2.05, 4.69) is 15.4 Å². The summed E-state index contributed by atoms with van der Waals surface area (Å²) in [6.07, 6.45) is 4.11. The third kappa shape index (κ3) is 2.34. The number of rotatable bonds is 2. The summed E-state index contributed by atoms with van der Waals surface area (Å²) in [5.74, 6) is 0.752. The Hall–Kier alpha value is -0.770. The van der Waals surface area contributed by atoms with Crippen LogP contribution in [0.3, 0.4) is 0 Å². The van der Waals surface area contributed by atoms with Gasteiger partial charge in [-0.25, -0.2) is 0 Å². The smallest absolute Gasteiger partial charge is 0.204 e. The predicted octanol–water partition coefficient (Wildman–Crippen LogP) is 0.752. The largest absolute Gasteiger partial charge is 0.453 e. The number of hydrogen-bond donors (Lipinski definition) is 1. The Morgan fingerprint density at radius 3 is 2.85 bits per heavy atom. The highest BCUT2D eigenvalue weighted by molar-refractivity contribution is 5.74. The highest BCUT2D eigenvalue weighted by Gasteiger charge is 2.20. The highest BCUT2D eigenvalue weighted by atomic mass is 16.5. The van der Waals surface area contributed by atoms with Gasteiger partial charge < -0.3 is 4.74 Å². The molecule has 0 aromatic carbocycles. The fraction of sp³-hybridized carbons (Fsp3) is 0.889. The van der Waals surface area contributed by atoms with Crippen molar-refractivity contribution in [2.45, 2.75) is 32.4 Å². The van der Waals surface area contributed by atoms with Crippen LogP contribution in [0.1, 0.15) is 26.2 Å². The lowest BCUT2D eigenvalue weighted by Gasteiger charge is -2.28. The first-order chi connectivity index (χ1) is 6.34. The molecular formula is C9H17N3O. The summed E-state index contributed by atoms with van der Waals surface area (Å²) in [5.41, 5.74) is 2.98. The molecule has 2 aliphatic heterocycles. The molecule has 4 nitrogen and oxygen atoms in total. The van der Waals surface area contributed by atoms with Gasteiger partial charge in [-0.15, -0.1) is 5.10 Å². The molecule has 0 amide bonds. The van der Waals surface area contributed by atoms with Crippen LogP contribution < -0.4 is 5.43 Å². The zero-order chi connectivity index (χ0) is 9.10. The quantitative estimate of drug-likeness (QED) is 0.686. The van der Waals surface area contributed by atoms with E-state index in [0.717, 1.165) is 12.4 Å². The van der Waals surface area contributed by atoms with Crippen molar-refractivity contribution in [2.75, 3.05) is 19.6 Å². The first kappa shape index (κ1) is 8.81. The molecule has 0 radical (unpaired) electrons. The molecule has 1 atom stereocenters. The van der Waals surface area contributed by atoms with Gasteiger partial charge in [-0.05, 0) is 25.9 Å². The van der Waals surface area contributed by atoms with E-state index in [1.807, 2.05) is 6.92 Å². The summed E-state index contributed by atoms with van der Waals surface area (Å²) in [7, 11) is 0. The van der Waals surface area contributed by atoms with Crippen LogP contribution in [0.4, 0.5) is 0 Å². The predicted molar refractivity (Wildman–Crippen MR) is 51.4 cm³/mol. The van der Waals surface area contributed by atoms with Gasteiger partial charge in [-0.1, -0.05) is 6.42 Å². The minimum Gasteiger partial charge on any atom is -0.453 e. The first-order valence-electron chi connectivity index (χ1n) is 5.03. The highest BCUT2D eigenvalue weighted by Crippen LogP contribution is 2.10. The average Bonchev–Trinajstić information content (AvgIpc) is 2.53. The summed E-state index contributed by atoms with van der Waals surface area (Å²) < 4.78 is 5.46. The minimum atomic E-state index is 0.0816. The summed E-state index contributed by atoms with van der Waals surface area (Å²) in [6.45, 7) is 5.26. The van der Waals surface area contributed by atoms with Gasteiger partial charge in [0.25, 0.3) is 0 Å². The molecule has 0 bridgehead atoms. The second-order valence-electron chi connectivity index (χ2n) is 3.73. The van der Waals surface area contributed by atoms with Gasteiger partial charge in [0.1, 0.15) is 0 Å². The van der Waals surface area contributed by atoms with E-state index >= 15 is 0 Å². The summed E-state index contributed by atoms with van der Waals surface area (Å²) in [4.78, 5) is 2.44. The van der Waals surface area contributed by atoms with Crippen molar-refractivity contribution in [3.8, 4) is 0 Å². The topological polar surface area (TPSA) is 36.9 Å². The number of hydrogen-bond acceptors (Lipinski definition) is 4. The van der Waals surface area contributed by atoms with E-state index in [4.69, 9.17) is 4.74 Å². The second kappa shape index (κ2) is 3.96. The van der Waals surface area contributed by atoms with Crippen LogP contribution >= 0.6 is 0 Å². The number of likely N-dealkylation sites (tertiary alicyclic amines) is 1. The molecule has 74 valence electrons. The second-order valence-corrected chi connectivity index (χ2v) is 3.73. The van der Waals surface area contributed by atoms with Crippen LogP contribution in [-0.2, 0) is 4.74 Å². The molecule has 4 heteroatoms. The maximum atomic E-state index is 5.46. The first-order valence-corrected chi connectivity index (χ1v) is 5.03. The van der Waals surface area contributed by atoms with Gasteiger partial charge in [0.2, 0.25) is 5.90 Å². The number of ether oxygens (including phenoxy) is 1. The average molecular weight is 183 g/mol. The third-order valence-electron chi connectivity index (χ3n) is 2.55. The van der Waals surface area contributed by atoms with E-state index in [1.54, 1.807) is 0 Å². The zero-order valence-electron chi connectivity index (χ0n) is 8.12. The maximum absolute atomic E-state index is 5.46. The number of hydrazone groups is 1. The molecule has 13 heavy (non-hydrogen) atoms. The van der Waals surface area contributed by atoms with E-state index < -0.39 is 0 Å². The molecular weight excluding hydrogens is 166 g/mol. The number of nitrogens with zero attached hydrogens (tertiary/aromatic N) is 2. The fourth-order valence-corrected chi connectivity index (χ4v) is 1.88. The maximum Gasteiger partial charge on any atom is 0.204 e. The monoisotopic (exact) mass is 183 g/mol. The molecule has 1 N–H and O–H groups in total. The van der Waals surface area contributed by atoms with Crippen LogP contribution in [0, 0.1) is 0 Å². The van der Waals surface area contributed by atoms with Crippen LogP contribution in [0.2, 0.25) is 0 Å². The molecule has 0 aliphatic carbocycles. The number of nitrogens with one attached hydrogen (secondary N) is 1. The van der Waals surface area contributed by atoms with Gasteiger partial charge in [0.15, 0.2) is 6.23 Å². The van der Waals surface area contributed by atoms with Crippen molar-refractivity contribution in [2.24, 2.45) is 5.10 Å². The Morgan fingerprint density at radius 1 is 1.46 bits per heavy atom. The Kier molecular flexibility index (Phi) is 2.68. The molecule has 0 unspecified atom stereocenters. The molecule has 0 aromatic heterocycles. The van der Waals surface area contributed by atoms with E-state index in [9.17, 15) is 0 Å². The van der Waals surface area contributed by atoms with Crippen molar-refractivity contribution in [1.82, 2.24) is 10.3 Å². The minimum absolute atomic E-state index is 0.0816. The van der Waals surface area contributed by atoms with Crippen molar-refractivity contribution in [3.05, 3.63) is 0 Å². The van der Waals surface area contributed by atoms with Crippen molar-refractivity contribution >= 4 is 5.90 Å². The van der Waals surface area contributed by atoms with Crippen molar-refractivity contribution in [3.63, 3.8) is 0 Å². The Balaban J connectivity index is 1.72. The zero-order valence-corrected chi connectivity index (χ0v) is 8.12. The van der Waals surface area contributed by atoms with Crippen molar-refractivity contribution in [1.29, 1.82) is 0 Å². The Bertz CT molecular complexity index is 199. The van der Waals surface area contributed by atoms with Gasteiger partial charge in [-0.3, -0.25) is 10.3 Å². The molecule has 2 aliphatic rings. The Labute approximate surface area is 78.9 Å². The third-order valence-corrected chi connectivity index (χ3v) is 2.55. The van der Waals surface area contributed by atoms with Gasteiger partial charge in [0, 0.05) is 6.92 Å². The lowest BCUT2D eigenvalue weighted by molar-refractivity contribution is 0.107. The molecule has 2 heterocycles. The summed E-state index contributed by atoms with van der Waals surface area (Å²) in [5, 5.41) is 4.00. The SMILES string of the molecule is CC1=NN[C@H](CN2CCCCC2)O1. The molecule has 1 fully saturated rings. The molecule has 0 spiro atoms. The van der Waals surface area contributed by atoms with Gasteiger partial charge in [-0.2, -0.15) is 0 Å². The fourth-order valence-electron chi connectivity index (χ4n) is 1.88. The van der Waals surface area contributed by atoms with E-state index in [0.29, 0.717) is 0 Å².